The first-order valence-corrected chi connectivity index (χ1v) is 7.80. The van der Waals surface area contributed by atoms with E-state index in [-0.39, 0.29) is 39.7 Å². The Kier molecular flexibility index (Phi) is 3.25. The molecule has 1 aromatic heterocycles. The molecule has 2 aromatic carbocycles. The molecule has 5 heteroatoms. The Labute approximate surface area is 143 Å². The number of aromatic amines is 1. The summed E-state index contributed by atoms with van der Waals surface area (Å²) in [5.41, 5.74) is 3.03. The minimum atomic E-state index is -0.376. The molecule has 0 radical (unpaired) electrons. The summed E-state index contributed by atoms with van der Waals surface area (Å²) >= 11 is 0. The monoisotopic (exact) mass is 333 g/mol. The number of methoxy groups -OCH3 is 1. The van der Waals surface area contributed by atoms with Crippen LogP contribution in [0, 0.1) is 6.92 Å². The Morgan fingerprint density at radius 3 is 2.28 bits per heavy atom. The highest BCUT2D eigenvalue weighted by Crippen LogP contribution is 2.39. The van der Waals surface area contributed by atoms with Gasteiger partial charge in [0.1, 0.15) is 5.75 Å². The molecule has 3 aromatic rings. The van der Waals surface area contributed by atoms with Gasteiger partial charge in [-0.25, -0.2) is 0 Å². The highest BCUT2D eigenvalue weighted by atomic mass is 16.5. The van der Waals surface area contributed by atoms with Gasteiger partial charge in [0, 0.05) is 11.1 Å². The average molecular weight is 333 g/mol. The lowest BCUT2D eigenvalue weighted by molar-refractivity contribution is 0.0978. The van der Waals surface area contributed by atoms with E-state index in [0.29, 0.717) is 11.4 Å². The van der Waals surface area contributed by atoms with Crippen LogP contribution in [0.4, 0.5) is 0 Å². The number of hydrogen-bond donors (Lipinski definition) is 2. The third-order valence-electron chi connectivity index (χ3n) is 4.49. The minimum absolute atomic E-state index is 0.0261. The summed E-state index contributed by atoms with van der Waals surface area (Å²) in [6, 6.07) is 12.2. The van der Waals surface area contributed by atoms with E-state index >= 15 is 0 Å². The van der Waals surface area contributed by atoms with Crippen molar-refractivity contribution in [3.63, 3.8) is 0 Å². The summed E-state index contributed by atoms with van der Waals surface area (Å²) in [4.78, 5) is 28.7. The number of carbonyl (C=O) groups is 2. The number of H-pyrrole nitrogens is 1. The lowest BCUT2D eigenvalue weighted by Crippen LogP contribution is -2.20. The predicted molar refractivity (Wildman–Crippen MR) is 92.5 cm³/mol. The van der Waals surface area contributed by atoms with Gasteiger partial charge in [0.25, 0.3) is 0 Å². The van der Waals surface area contributed by atoms with E-state index in [1.165, 1.54) is 7.11 Å². The number of aryl methyl sites for hydroxylation is 1. The van der Waals surface area contributed by atoms with Crippen LogP contribution in [-0.2, 0) is 0 Å². The van der Waals surface area contributed by atoms with Gasteiger partial charge in [-0.2, -0.15) is 0 Å². The zero-order valence-electron chi connectivity index (χ0n) is 13.7. The largest absolute Gasteiger partial charge is 0.497 e. The number of benzene rings is 2. The van der Waals surface area contributed by atoms with E-state index in [9.17, 15) is 14.7 Å². The molecule has 0 spiro atoms. The van der Waals surface area contributed by atoms with Gasteiger partial charge in [-0.05, 0) is 30.7 Å². The highest BCUT2D eigenvalue weighted by Gasteiger charge is 2.36. The standard InChI is InChI=1S/C20H15NO4/c1-10-3-5-11(6-4-10)17-15-16(20(24)21-17)18(22)13-8-7-12(25-2)9-14(13)19(15)23/h3-9,21,24H,1-2H3. The molecule has 0 amide bonds. The molecule has 0 fully saturated rings. The summed E-state index contributed by atoms with van der Waals surface area (Å²) in [6.45, 7) is 1.96. The minimum Gasteiger partial charge on any atom is -0.497 e. The van der Waals surface area contributed by atoms with Crippen molar-refractivity contribution in [1.29, 1.82) is 0 Å². The van der Waals surface area contributed by atoms with Crippen LogP contribution in [0.3, 0.4) is 0 Å². The van der Waals surface area contributed by atoms with Gasteiger partial charge in [-0.15, -0.1) is 0 Å². The Hall–Kier alpha value is -3.34. The van der Waals surface area contributed by atoms with E-state index in [1.54, 1.807) is 18.2 Å². The van der Waals surface area contributed by atoms with Crippen molar-refractivity contribution in [2.24, 2.45) is 0 Å². The molecular formula is C20H15NO4. The fraction of sp³-hybridized carbons (Fsp3) is 0.100. The number of carbonyl (C=O) groups excluding carboxylic acids is 2. The lowest BCUT2D eigenvalue weighted by atomic mass is 9.84. The van der Waals surface area contributed by atoms with Crippen LogP contribution in [0.5, 0.6) is 11.6 Å². The molecule has 1 aliphatic carbocycles. The smallest absolute Gasteiger partial charge is 0.201 e. The Morgan fingerprint density at radius 2 is 1.60 bits per heavy atom. The molecule has 124 valence electrons. The van der Waals surface area contributed by atoms with Gasteiger partial charge >= 0.3 is 0 Å². The van der Waals surface area contributed by atoms with Gasteiger partial charge in [0.15, 0.2) is 11.6 Å². The second-order valence-corrected chi connectivity index (χ2v) is 6.03. The molecule has 4 rings (SSSR count). The molecule has 25 heavy (non-hydrogen) atoms. The van der Waals surface area contributed by atoms with E-state index in [0.717, 1.165) is 11.1 Å². The third kappa shape index (κ3) is 2.16. The van der Waals surface area contributed by atoms with Crippen molar-refractivity contribution in [1.82, 2.24) is 4.98 Å². The number of nitrogens with one attached hydrogen (secondary N) is 1. The molecule has 1 heterocycles. The molecule has 0 saturated carbocycles. The summed E-state index contributed by atoms with van der Waals surface area (Å²) < 4.78 is 5.16. The molecule has 0 unspecified atom stereocenters. The van der Waals surface area contributed by atoms with Crippen LogP contribution < -0.4 is 4.74 Å². The topological polar surface area (TPSA) is 79.4 Å². The normalized spacial score (nSPS) is 12.7. The molecule has 0 saturated heterocycles. The Balaban J connectivity index is 1.96. The quantitative estimate of drug-likeness (QED) is 0.588. The summed E-state index contributed by atoms with van der Waals surface area (Å²) in [5, 5.41) is 10.3. The first kappa shape index (κ1) is 15.2. The SMILES string of the molecule is COc1ccc2c(c1)C(=O)c1c(-c3ccc(C)cc3)[nH]c(O)c1C2=O. The maximum atomic E-state index is 13.1. The molecule has 1 aliphatic rings. The first-order valence-electron chi connectivity index (χ1n) is 7.80. The van der Waals surface area contributed by atoms with Crippen LogP contribution in [0.15, 0.2) is 42.5 Å². The molecule has 2 N–H and O–H groups in total. The number of hydrogen-bond acceptors (Lipinski definition) is 4. The van der Waals surface area contributed by atoms with Gasteiger partial charge in [-0.3, -0.25) is 9.59 Å². The highest BCUT2D eigenvalue weighted by molar-refractivity contribution is 6.31. The number of rotatable bonds is 2. The third-order valence-corrected chi connectivity index (χ3v) is 4.49. The van der Waals surface area contributed by atoms with E-state index in [2.05, 4.69) is 4.98 Å². The van der Waals surface area contributed by atoms with Gasteiger partial charge in [-0.1, -0.05) is 29.8 Å². The van der Waals surface area contributed by atoms with Crippen LogP contribution in [0.2, 0.25) is 0 Å². The number of ether oxygens (including phenoxy) is 1. The van der Waals surface area contributed by atoms with Crippen LogP contribution >= 0.6 is 0 Å². The molecular weight excluding hydrogens is 318 g/mol. The maximum Gasteiger partial charge on any atom is 0.201 e. The zero-order valence-corrected chi connectivity index (χ0v) is 13.7. The average Bonchev–Trinajstić information content (AvgIpc) is 2.97. The molecule has 0 atom stereocenters. The predicted octanol–water partition coefficient (Wildman–Crippen LogP) is 3.48. The number of aromatic nitrogens is 1. The summed E-state index contributed by atoms with van der Waals surface area (Å²) in [7, 11) is 1.50. The van der Waals surface area contributed by atoms with Gasteiger partial charge in [0.2, 0.25) is 5.88 Å². The van der Waals surface area contributed by atoms with E-state index < -0.39 is 0 Å². The van der Waals surface area contributed by atoms with E-state index in [4.69, 9.17) is 4.74 Å². The van der Waals surface area contributed by atoms with Gasteiger partial charge < -0.3 is 14.8 Å². The number of ketones is 2. The molecule has 5 nitrogen and oxygen atoms in total. The van der Waals surface area contributed by atoms with Crippen molar-refractivity contribution in [2.45, 2.75) is 6.92 Å². The first-order chi connectivity index (χ1) is 12.0. The fourth-order valence-corrected chi connectivity index (χ4v) is 3.18. The van der Waals surface area contributed by atoms with Gasteiger partial charge in [0.05, 0.1) is 23.9 Å². The number of aromatic hydroxyl groups is 1. The van der Waals surface area contributed by atoms with Crippen molar-refractivity contribution < 1.29 is 19.4 Å². The lowest BCUT2D eigenvalue weighted by Gasteiger charge is -2.16. The Morgan fingerprint density at radius 1 is 0.920 bits per heavy atom. The Bertz CT molecular complexity index is 1030. The van der Waals surface area contributed by atoms with Crippen LogP contribution in [0.1, 0.15) is 37.4 Å². The van der Waals surface area contributed by atoms with Crippen LogP contribution in [0.25, 0.3) is 11.3 Å². The zero-order chi connectivity index (χ0) is 17.7. The summed E-state index contributed by atoms with van der Waals surface area (Å²) in [5.74, 6) is -0.472. The van der Waals surface area contributed by atoms with Crippen molar-refractivity contribution >= 4 is 11.6 Å². The molecule has 0 aliphatic heterocycles. The second kappa shape index (κ2) is 5.34. The maximum absolute atomic E-state index is 13.1. The summed E-state index contributed by atoms with van der Waals surface area (Å²) in [6.07, 6.45) is 0. The van der Waals surface area contributed by atoms with Crippen LogP contribution in [-0.4, -0.2) is 28.8 Å². The molecule has 0 bridgehead atoms. The fourth-order valence-electron chi connectivity index (χ4n) is 3.18. The second-order valence-electron chi connectivity index (χ2n) is 6.03. The van der Waals surface area contributed by atoms with Crippen molar-refractivity contribution in [2.75, 3.05) is 7.11 Å². The van der Waals surface area contributed by atoms with Crippen molar-refractivity contribution in [3.05, 3.63) is 70.3 Å². The number of fused-ring (bicyclic) bond motifs is 2. The van der Waals surface area contributed by atoms with Crippen molar-refractivity contribution in [3.8, 4) is 22.9 Å². The van der Waals surface area contributed by atoms with E-state index in [1.807, 2.05) is 31.2 Å².